The number of rotatable bonds is 2. The highest BCUT2D eigenvalue weighted by atomic mass is 19.1. The van der Waals surface area contributed by atoms with Crippen LogP contribution in [0.2, 0.25) is 0 Å². The summed E-state index contributed by atoms with van der Waals surface area (Å²) in [4.78, 5) is 0. The summed E-state index contributed by atoms with van der Waals surface area (Å²) in [6.45, 7) is 9.17. The first kappa shape index (κ1) is 10.7. The van der Waals surface area contributed by atoms with Gasteiger partial charge in [-0.15, -0.1) is 5.73 Å². The smallest absolute Gasteiger partial charge is 0.129 e. The average molecular weight is 190 g/mol. The molecule has 1 aromatic rings. The van der Waals surface area contributed by atoms with Crippen molar-refractivity contribution in [3.8, 4) is 0 Å². The predicted octanol–water partition coefficient (Wildman–Crippen LogP) is 3.72. The zero-order valence-electron chi connectivity index (χ0n) is 8.95. The fraction of sp³-hybridized carbons (Fsp3) is 0.308. The van der Waals surface area contributed by atoms with Crippen LogP contribution in [0.1, 0.15) is 23.6 Å². The molecule has 1 rings (SSSR count). The lowest BCUT2D eigenvalue weighted by atomic mass is 10.0. The Labute approximate surface area is 84.8 Å². The van der Waals surface area contributed by atoms with Crippen molar-refractivity contribution in [2.45, 2.75) is 27.2 Å². The van der Waals surface area contributed by atoms with Crippen LogP contribution in [0.25, 0.3) is 0 Å². The highest BCUT2D eigenvalue weighted by Gasteiger charge is 2.07. The summed E-state index contributed by atoms with van der Waals surface area (Å²) in [6.07, 6.45) is 0.594. The van der Waals surface area contributed by atoms with E-state index in [2.05, 4.69) is 12.3 Å². The maximum atomic E-state index is 13.7. The second kappa shape index (κ2) is 4.26. The summed E-state index contributed by atoms with van der Waals surface area (Å²) < 4.78 is 13.7. The van der Waals surface area contributed by atoms with E-state index in [-0.39, 0.29) is 5.82 Å². The van der Waals surface area contributed by atoms with E-state index in [0.717, 1.165) is 22.3 Å². The second-order valence-electron chi connectivity index (χ2n) is 3.61. The SMILES string of the molecule is C=C=C(C)Cc1ccc(C)c(C)c1F. The van der Waals surface area contributed by atoms with Crippen molar-refractivity contribution in [3.05, 3.63) is 52.5 Å². The molecule has 0 bridgehead atoms. The molecule has 0 atom stereocenters. The number of hydrogen-bond acceptors (Lipinski definition) is 0. The molecule has 0 heterocycles. The monoisotopic (exact) mass is 190 g/mol. The van der Waals surface area contributed by atoms with Gasteiger partial charge in [0.15, 0.2) is 0 Å². The summed E-state index contributed by atoms with van der Waals surface area (Å²) in [5, 5.41) is 0. The Hall–Kier alpha value is -1.33. The van der Waals surface area contributed by atoms with Crippen LogP contribution < -0.4 is 0 Å². The molecule has 0 saturated heterocycles. The maximum absolute atomic E-state index is 13.7. The highest BCUT2D eigenvalue weighted by molar-refractivity contribution is 5.33. The number of halogens is 1. The van der Waals surface area contributed by atoms with Gasteiger partial charge in [-0.3, -0.25) is 0 Å². The molecule has 0 unspecified atom stereocenters. The van der Waals surface area contributed by atoms with E-state index in [1.165, 1.54) is 0 Å². The standard InChI is InChI=1S/C13H15F/c1-5-9(2)8-12-7-6-10(3)11(4)13(12)14/h6-7H,1,8H2,2-4H3. The van der Waals surface area contributed by atoms with Crippen molar-refractivity contribution in [1.29, 1.82) is 0 Å². The molecule has 0 fully saturated rings. The van der Waals surface area contributed by atoms with Crippen molar-refractivity contribution in [2.24, 2.45) is 0 Å². The van der Waals surface area contributed by atoms with Crippen LogP contribution in [0.15, 0.2) is 30.0 Å². The molecule has 74 valence electrons. The molecule has 0 aliphatic heterocycles. The van der Waals surface area contributed by atoms with Crippen LogP contribution in [0, 0.1) is 19.7 Å². The molecule has 0 N–H and O–H groups in total. The van der Waals surface area contributed by atoms with Crippen LogP contribution in [0.5, 0.6) is 0 Å². The van der Waals surface area contributed by atoms with Gasteiger partial charge in [0, 0.05) is 6.42 Å². The Morgan fingerprint density at radius 1 is 1.43 bits per heavy atom. The number of aryl methyl sites for hydroxylation is 1. The van der Waals surface area contributed by atoms with E-state index in [4.69, 9.17) is 0 Å². The van der Waals surface area contributed by atoms with Gasteiger partial charge in [-0.1, -0.05) is 18.7 Å². The fourth-order valence-electron chi connectivity index (χ4n) is 1.32. The van der Waals surface area contributed by atoms with Gasteiger partial charge in [0.25, 0.3) is 0 Å². The molecule has 0 saturated carbocycles. The van der Waals surface area contributed by atoms with Crippen LogP contribution in [0.4, 0.5) is 4.39 Å². The van der Waals surface area contributed by atoms with Gasteiger partial charge in [0.1, 0.15) is 5.82 Å². The summed E-state index contributed by atoms with van der Waals surface area (Å²) >= 11 is 0. The van der Waals surface area contributed by atoms with Gasteiger partial charge in [-0.05, 0) is 43.0 Å². The third kappa shape index (κ3) is 2.12. The topological polar surface area (TPSA) is 0 Å². The lowest BCUT2D eigenvalue weighted by Gasteiger charge is -2.07. The van der Waals surface area contributed by atoms with E-state index in [0.29, 0.717) is 6.42 Å². The first-order chi connectivity index (χ1) is 6.56. The minimum Gasteiger partial charge on any atom is -0.206 e. The van der Waals surface area contributed by atoms with E-state index < -0.39 is 0 Å². The molecular weight excluding hydrogens is 175 g/mol. The van der Waals surface area contributed by atoms with Gasteiger partial charge in [-0.25, -0.2) is 4.39 Å². The number of allylic oxidation sites excluding steroid dienone is 1. The second-order valence-corrected chi connectivity index (χ2v) is 3.61. The third-order valence-corrected chi connectivity index (χ3v) is 2.49. The van der Waals surface area contributed by atoms with Gasteiger partial charge in [0.2, 0.25) is 0 Å². The predicted molar refractivity (Wildman–Crippen MR) is 57.9 cm³/mol. The molecule has 0 amide bonds. The Balaban J connectivity index is 3.12. The van der Waals surface area contributed by atoms with Crippen LogP contribution in [-0.2, 0) is 6.42 Å². The van der Waals surface area contributed by atoms with E-state index in [9.17, 15) is 4.39 Å². The van der Waals surface area contributed by atoms with Crippen LogP contribution >= 0.6 is 0 Å². The maximum Gasteiger partial charge on any atom is 0.129 e. The Morgan fingerprint density at radius 2 is 2.07 bits per heavy atom. The normalized spacial score (nSPS) is 9.71. The number of hydrogen-bond donors (Lipinski definition) is 0. The molecule has 0 nitrogen and oxygen atoms in total. The Morgan fingerprint density at radius 3 is 2.64 bits per heavy atom. The molecule has 1 heteroatoms. The van der Waals surface area contributed by atoms with Gasteiger partial charge in [-0.2, -0.15) is 0 Å². The third-order valence-electron chi connectivity index (χ3n) is 2.49. The zero-order valence-corrected chi connectivity index (χ0v) is 8.95. The van der Waals surface area contributed by atoms with Gasteiger partial charge < -0.3 is 0 Å². The summed E-state index contributed by atoms with van der Waals surface area (Å²) in [5.74, 6) is -0.0976. The largest absolute Gasteiger partial charge is 0.206 e. The minimum absolute atomic E-state index is 0.0976. The molecule has 0 aliphatic carbocycles. The van der Waals surface area contributed by atoms with Crippen molar-refractivity contribution in [2.75, 3.05) is 0 Å². The van der Waals surface area contributed by atoms with Crippen molar-refractivity contribution < 1.29 is 4.39 Å². The highest BCUT2D eigenvalue weighted by Crippen LogP contribution is 2.18. The number of benzene rings is 1. The van der Waals surface area contributed by atoms with Crippen molar-refractivity contribution in [3.63, 3.8) is 0 Å². The molecular formula is C13H15F. The minimum atomic E-state index is -0.0976. The van der Waals surface area contributed by atoms with Crippen molar-refractivity contribution >= 4 is 0 Å². The molecule has 0 aromatic heterocycles. The average Bonchev–Trinajstić information content (AvgIpc) is 2.19. The quantitative estimate of drug-likeness (QED) is 0.623. The zero-order chi connectivity index (χ0) is 10.7. The lowest BCUT2D eigenvalue weighted by Crippen LogP contribution is -1.96. The van der Waals surface area contributed by atoms with Crippen molar-refractivity contribution in [1.82, 2.24) is 0 Å². The van der Waals surface area contributed by atoms with Crippen LogP contribution in [0.3, 0.4) is 0 Å². The Bertz CT molecular complexity index is 396. The Kier molecular flexibility index (Phi) is 3.27. The van der Waals surface area contributed by atoms with E-state index in [1.54, 1.807) is 6.92 Å². The lowest BCUT2D eigenvalue weighted by molar-refractivity contribution is 0.602. The summed E-state index contributed by atoms with van der Waals surface area (Å²) in [5.41, 5.74) is 6.19. The molecule has 0 spiro atoms. The van der Waals surface area contributed by atoms with Crippen LogP contribution in [-0.4, -0.2) is 0 Å². The van der Waals surface area contributed by atoms with E-state index >= 15 is 0 Å². The summed E-state index contributed by atoms with van der Waals surface area (Å²) in [6, 6.07) is 3.78. The molecule has 0 radical (unpaired) electrons. The van der Waals surface area contributed by atoms with Gasteiger partial charge in [0.05, 0.1) is 0 Å². The molecule has 1 aromatic carbocycles. The fourth-order valence-corrected chi connectivity index (χ4v) is 1.32. The first-order valence-corrected chi connectivity index (χ1v) is 4.66. The molecule has 14 heavy (non-hydrogen) atoms. The summed E-state index contributed by atoms with van der Waals surface area (Å²) in [7, 11) is 0. The molecule has 0 aliphatic rings. The first-order valence-electron chi connectivity index (χ1n) is 4.66. The van der Waals surface area contributed by atoms with Gasteiger partial charge >= 0.3 is 0 Å². The van der Waals surface area contributed by atoms with E-state index in [1.807, 2.05) is 26.0 Å².